The fourth-order valence-corrected chi connectivity index (χ4v) is 12.8. The van der Waals surface area contributed by atoms with Crippen molar-refractivity contribution in [3.05, 3.63) is 60.8 Å². The lowest BCUT2D eigenvalue weighted by Gasteiger charge is -2.21. The summed E-state index contributed by atoms with van der Waals surface area (Å²) in [7, 11) is -9.95. The van der Waals surface area contributed by atoms with Crippen molar-refractivity contribution in [3.63, 3.8) is 0 Å². The first kappa shape index (κ1) is 96.8. The number of unbranched alkanes of at least 4 members (excludes halogenated alkanes) is 41. The molecule has 0 aromatic heterocycles. The van der Waals surface area contributed by atoms with E-state index in [1.54, 1.807) is 0 Å². The predicted octanol–water partition coefficient (Wildman–Crippen LogP) is 23.5. The molecule has 3 N–H and O–H groups in total. The minimum atomic E-state index is -4.98. The first-order chi connectivity index (χ1) is 48.7. The molecule has 17 nitrogen and oxygen atoms in total. The Morgan fingerprint density at radius 2 is 0.490 bits per heavy atom. The van der Waals surface area contributed by atoms with Crippen molar-refractivity contribution < 1.29 is 80.2 Å². The van der Waals surface area contributed by atoms with Gasteiger partial charge in [0.05, 0.1) is 26.4 Å². The van der Waals surface area contributed by atoms with Gasteiger partial charge in [0.2, 0.25) is 0 Å². The van der Waals surface area contributed by atoms with Crippen LogP contribution in [0.1, 0.15) is 374 Å². The molecule has 0 spiro atoms. The summed E-state index contributed by atoms with van der Waals surface area (Å²) in [5.74, 6) is -2.19. The highest BCUT2D eigenvalue weighted by Crippen LogP contribution is 2.45. The molecule has 0 saturated heterocycles. The number of esters is 4. The van der Waals surface area contributed by atoms with Gasteiger partial charge in [0.15, 0.2) is 12.2 Å². The Morgan fingerprint density at radius 1 is 0.280 bits per heavy atom. The Hall–Kier alpha value is -3.24. The maximum absolute atomic E-state index is 13.1. The van der Waals surface area contributed by atoms with Gasteiger partial charge in [-0.1, -0.05) is 275 Å². The maximum atomic E-state index is 13.1. The second-order valence-corrected chi connectivity index (χ2v) is 30.3. The molecular weight excluding hydrogens is 1310 g/mol. The van der Waals surface area contributed by atoms with Crippen LogP contribution >= 0.6 is 15.6 Å². The van der Waals surface area contributed by atoms with Crippen LogP contribution in [0.3, 0.4) is 0 Å². The van der Waals surface area contributed by atoms with Crippen molar-refractivity contribution in [3.8, 4) is 0 Å². The molecule has 0 aliphatic rings. The van der Waals surface area contributed by atoms with Gasteiger partial charge in [-0.05, 0) is 135 Å². The Bertz CT molecular complexity index is 2130. The fourth-order valence-electron chi connectivity index (χ4n) is 11.2. The third kappa shape index (κ3) is 73.1. The molecule has 0 aliphatic carbocycles. The van der Waals surface area contributed by atoms with Gasteiger partial charge in [0.25, 0.3) is 0 Å². The summed E-state index contributed by atoms with van der Waals surface area (Å²) in [5.41, 5.74) is 0. The van der Waals surface area contributed by atoms with Crippen molar-refractivity contribution in [1.29, 1.82) is 0 Å². The van der Waals surface area contributed by atoms with Crippen LogP contribution in [0.25, 0.3) is 0 Å². The van der Waals surface area contributed by atoms with E-state index >= 15 is 0 Å². The van der Waals surface area contributed by atoms with E-state index in [1.165, 1.54) is 135 Å². The molecule has 0 aliphatic heterocycles. The first-order valence-electron chi connectivity index (χ1n) is 40.5. The largest absolute Gasteiger partial charge is 0.472 e. The van der Waals surface area contributed by atoms with E-state index in [0.29, 0.717) is 25.7 Å². The number of carbonyl (C=O) groups excluding carboxylic acids is 4. The number of rotatable bonds is 77. The summed E-state index contributed by atoms with van der Waals surface area (Å²) in [4.78, 5) is 73.0. The lowest BCUT2D eigenvalue weighted by Crippen LogP contribution is -2.30. The van der Waals surface area contributed by atoms with Crippen LogP contribution in [0.4, 0.5) is 0 Å². The third-order valence-electron chi connectivity index (χ3n) is 17.4. The van der Waals surface area contributed by atoms with E-state index in [4.69, 9.17) is 37.0 Å². The van der Waals surface area contributed by atoms with Gasteiger partial charge in [0.1, 0.15) is 19.3 Å². The molecule has 5 atom stereocenters. The molecule has 0 bridgehead atoms. The van der Waals surface area contributed by atoms with Crippen LogP contribution in [0, 0.1) is 0 Å². The maximum Gasteiger partial charge on any atom is 0.472 e. The number of hydrogen-bond donors (Lipinski definition) is 3. The zero-order valence-electron chi connectivity index (χ0n) is 63.9. The second kappa shape index (κ2) is 74.0. The molecule has 0 amide bonds. The highest BCUT2D eigenvalue weighted by Gasteiger charge is 2.30. The highest BCUT2D eigenvalue weighted by molar-refractivity contribution is 7.47. The van der Waals surface area contributed by atoms with Crippen molar-refractivity contribution in [2.24, 2.45) is 0 Å². The molecule has 100 heavy (non-hydrogen) atoms. The minimum Gasteiger partial charge on any atom is -0.462 e. The molecule has 0 aromatic carbocycles. The summed E-state index contributed by atoms with van der Waals surface area (Å²) in [6.45, 7) is 4.86. The molecule has 0 aromatic rings. The SMILES string of the molecule is CCCCC/C=C\C/C=C\CCCCCCCC(=O)OCC(COP(=O)(O)OCC(O)COP(=O)(O)OCC(COC(=O)CCCCCCC/C=C\CCCCCCCC)OC(=O)CCCCCCC/C=C\CCCCCCCC)OC(=O)CCCCCCC/C=C\CCCCCCCC. The van der Waals surface area contributed by atoms with E-state index in [9.17, 15) is 43.2 Å². The third-order valence-corrected chi connectivity index (χ3v) is 19.3. The monoisotopic (exact) mass is 1460 g/mol. The molecule has 0 saturated carbocycles. The molecule has 0 radical (unpaired) electrons. The minimum absolute atomic E-state index is 0.0855. The number of aliphatic hydroxyl groups excluding tert-OH is 1. The fraction of sp³-hybridized carbons (Fsp3) is 0.827. The average Bonchev–Trinajstić information content (AvgIpc) is 1.01. The molecule has 0 fully saturated rings. The van der Waals surface area contributed by atoms with Gasteiger partial charge in [-0.2, -0.15) is 0 Å². The highest BCUT2D eigenvalue weighted by atomic mass is 31.2. The van der Waals surface area contributed by atoms with Crippen LogP contribution in [0.15, 0.2) is 60.8 Å². The van der Waals surface area contributed by atoms with Crippen molar-refractivity contribution in [1.82, 2.24) is 0 Å². The predicted molar refractivity (Wildman–Crippen MR) is 409 cm³/mol. The Kier molecular flexibility index (Phi) is 71.6. The number of carbonyl (C=O) groups is 4. The summed E-state index contributed by atoms with van der Waals surface area (Å²) >= 11 is 0. The normalized spacial score (nSPS) is 14.2. The lowest BCUT2D eigenvalue weighted by atomic mass is 10.1. The molecule has 5 unspecified atom stereocenters. The summed E-state index contributed by atoms with van der Waals surface area (Å²) in [5, 5.41) is 10.6. The Labute approximate surface area is 610 Å². The summed E-state index contributed by atoms with van der Waals surface area (Å²) in [6, 6.07) is 0. The topological polar surface area (TPSA) is 237 Å². The average molecular weight is 1460 g/mol. The van der Waals surface area contributed by atoms with Gasteiger partial charge in [-0.25, -0.2) is 9.13 Å². The van der Waals surface area contributed by atoms with Gasteiger partial charge >= 0.3 is 39.5 Å². The van der Waals surface area contributed by atoms with E-state index in [1.807, 2.05) is 0 Å². The van der Waals surface area contributed by atoms with Crippen molar-refractivity contribution in [2.45, 2.75) is 393 Å². The van der Waals surface area contributed by atoms with E-state index in [-0.39, 0.29) is 25.7 Å². The van der Waals surface area contributed by atoms with E-state index in [0.717, 1.165) is 161 Å². The van der Waals surface area contributed by atoms with Crippen LogP contribution in [-0.2, 0) is 65.4 Å². The molecule has 584 valence electrons. The lowest BCUT2D eigenvalue weighted by molar-refractivity contribution is -0.161. The molecular formula is C81H148O17P2. The van der Waals surface area contributed by atoms with Gasteiger partial charge in [-0.15, -0.1) is 0 Å². The first-order valence-corrected chi connectivity index (χ1v) is 43.5. The number of hydrogen-bond acceptors (Lipinski definition) is 15. The zero-order valence-corrected chi connectivity index (χ0v) is 65.7. The Balaban J connectivity index is 5.36. The van der Waals surface area contributed by atoms with Crippen LogP contribution in [0.2, 0.25) is 0 Å². The van der Waals surface area contributed by atoms with E-state index < -0.39 is 97.5 Å². The van der Waals surface area contributed by atoms with Crippen LogP contribution in [-0.4, -0.2) is 96.7 Å². The number of phosphoric acid groups is 2. The standard InChI is InChI=1S/C81H148O17P2/c1-5-9-13-17-21-25-29-33-37-41-45-49-53-57-61-65-78(83)91-71-76(97-80(85)67-63-59-55-51-47-43-39-35-31-27-23-19-15-11-7-3)73-95-99(87,88)93-69-75(82)70-94-100(89,90)96-74-77(98-81(86)68-64-60-56-52-48-44-40-36-32-28-24-20-16-12-8-4)72-92-79(84)66-62-58-54-50-46-42-38-34-30-26-22-18-14-10-6-2/h21,25,33-40,75-77,82H,5-20,22-24,26-32,41-74H2,1-4H3,(H,87,88)(H,89,90)/b25-21-,37-33-,38-34-,39-35-,40-36-. The Morgan fingerprint density at radius 3 is 0.770 bits per heavy atom. The molecule has 19 heteroatoms. The van der Waals surface area contributed by atoms with Crippen molar-refractivity contribution in [2.75, 3.05) is 39.6 Å². The molecule has 0 rings (SSSR count). The quantitative estimate of drug-likeness (QED) is 0.0169. The van der Waals surface area contributed by atoms with E-state index in [2.05, 4.69) is 88.5 Å². The van der Waals surface area contributed by atoms with Crippen molar-refractivity contribution >= 4 is 39.5 Å². The number of allylic oxidation sites excluding steroid dienone is 10. The van der Waals surface area contributed by atoms with Gasteiger partial charge < -0.3 is 33.8 Å². The van der Waals surface area contributed by atoms with Gasteiger partial charge in [-0.3, -0.25) is 37.3 Å². The van der Waals surface area contributed by atoms with Crippen LogP contribution < -0.4 is 0 Å². The summed E-state index contributed by atoms with van der Waals surface area (Å²) < 4.78 is 68.6. The smallest absolute Gasteiger partial charge is 0.462 e. The van der Waals surface area contributed by atoms with Gasteiger partial charge in [0, 0.05) is 25.7 Å². The number of aliphatic hydroxyl groups is 1. The number of phosphoric ester groups is 2. The zero-order chi connectivity index (χ0) is 73.2. The molecule has 0 heterocycles. The second-order valence-electron chi connectivity index (χ2n) is 27.3. The van der Waals surface area contributed by atoms with Crippen LogP contribution in [0.5, 0.6) is 0 Å². The summed E-state index contributed by atoms with van der Waals surface area (Å²) in [6.07, 6.45) is 73.3. The number of ether oxygens (including phenoxy) is 4.